The van der Waals surface area contributed by atoms with Crippen LogP contribution in [-0.2, 0) is 22.4 Å². The number of H-pyrrole nitrogens is 1. The topological polar surface area (TPSA) is 72.0 Å². The minimum absolute atomic E-state index is 0.0933. The van der Waals surface area contributed by atoms with Crippen molar-refractivity contribution in [2.75, 3.05) is 7.11 Å². The molecule has 0 bridgehead atoms. The zero-order valence-corrected chi connectivity index (χ0v) is 15.1. The molecule has 0 amide bonds. The minimum atomic E-state index is -0.352. The molecule has 7 heteroatoms. The van der Waals surface area contributed by atoms with Crippen LogP contribution in [0, 0.1) is 5.92 Å². The standard InChI is InChI=1S/C16H20N2O3S2/c1-4-10(15(20)21-3)23-16-17-13(19)12-9-6-5-8(2)7-11(9)22-14(12)18-16/h8,10H,4-7H2,1-3H3,(H,17,18,19)/t8-,10-/m0/s1. The van der Waals surface area contributed by atoms with Crippen molar-refractivity contribution in [3.8, 4) is 0 Å². The summed E-state index contributed by atoms with van der Waals surface area (Å²) >= 11 is 2.88. The number of rotatable bonds is 4. The first-order valence-electron chi connectivity index (χ1n) is 7.82. The highest BCUT2D eigenvalue weighted by Gasteiger charge is 2.24. The van der Waals surface area contributed by atoms with Gasteiger partial charge in [0, 0.05) is 4.88 Å². The minimum Gasteiger partial charge on any atom is -0.468 e. The Morgan fingerprint density at radius 2 is 2.35 bits per heavy atom. The van der Waals surface area contributed by atoms with E-state index in [1.54, 1.807) is 11.3 Å². The average molecular weight is 352 g/mol. The van der Waals surface area contributed by atoms with Crippen LogP contribution in [0.3, 0.4) is 0 Å². The number of hydrogen-bond donors (Lipinski definition) is 1. The van der Waals surface area contributed by atoms with Gasteiger partial charge in [-0.1, -0.05) is 25.6 Å². The number of nitrogens with one attached hydrogen (secondary N) is 1. The van der Waals surface area contributed by atoms with Crippen molar-refractivity contribution < 1.29 is 9.53 Å². The molecule has 0 saturated carbocycles. The van der Waals surface area contributed by atoms with Gasteiger partial charge in [-0.25, -0.2) is 4.98 Å². The van der Waals surface area contributed by atoms with Gasteiger partial charge in [0.05, 0.1) is 12.5 Å². The number of aromatic nitrogens is 2. The smallest absolute Gasteiger partial charge is 0.319 e. The zero-order chi connectivity index (χ0) is 16.6. The molecule has 3 rings (SSSR count). The normalized spacial score (nSPS) is 18.7. The molecule has 0 aromatic carbocycles. The number of aromatic amines is 1. The number of thioether (sulfide) groups is 1. The maximum Gasteiger partial charge on any atom is 0.319 e. The number of aryl methyl sites for hydroxylation is 1. The van der Waals surface area contributed by atoms with Crippen LogP contribution in [-0.4, -0.2) is 28.3 Å². The van der Waals surface area contributed by atoms with E-state index in [-0.39, 0.29) is 16.8 Å². The molecular formula is C16H20N2O3S2. The highest BCUT2D eigenvalue weighted by molar-refractivity contribution is 8.00. The number of hydrogen-bond acceptors (Lipinski definition) is 6. The Kier molecular flexibility index (Phi) is 4.77. The second-order valence-electron chi connectivity index (χ2n) is 5.94. The lowest BCUT2D eigenvalue weighted by atomic mass is 9.89. The predicted octanol–water partition coefficient (Wildman–Crippen LogP) is 3.15. The molecule has 2 aromatic heterocycles. The van der Waals surface area contributed by atoms with E-state index in [1.807, 2.05) is 6.92 Å². The van der Waals surface area contributed by atoms with Crippen LogP contribution in [0.5, 0.6) is 0 Å². The van der Waals surface area contributed by atoms with E-state index in [2.05, 4.69) is 16.9 Å². The molecule has 0 unspecified atom stereocenters. The Balaban J connectivity index is 1.99. The number of carbonyl (C=O) groups excluding carboxylic acids is 1. The quantitative estimate of drug-likeness (QED) is 0.520. The van der Waals surface area contributed by atoms with Crippen molar-refractivity contribution in [2.24, 2.45) is 5.92 Å². The number of ether oxygens (including phenoxy) is 1. The number of esters is 1. The fourth-order valence-electron chi connectivity index (χ4n) is 2.95. The van der Waals surface area contributed by atoms with E-state index in [9.17, 15) is 9.59 Å². The third-order valence-corrected chi connectivity index (χ3v) is 6.61. The van der Waals surface area contributed by atoms with Crippen molar-refractivity contribution >= 4 is 39.3 Å². The largest absolute Gasteiger partial charge is 0.468 e. The Labute approximate surface area is 142 Å². The first-order valence-corrected chi connectivity index (χ1v) is 9.52. The number of thiophene rings is 1. The van der Waals surface area contributed by atoms with Crippen LogP contribution in [0.1, 0.15) is 37.1 Å². The van der Waals surface area contributed by atoms with Gasteiger partial charge in [-0.05, 0) is 37.2 Å². The van der Waals surface area contributed by atoms with Crippen LogP contribution < -0.4 is 5.56 Å². The van der Waals surface area contributed by atoms with Crippen molar-refractivity contribution in [3.63, 3.8) is 0 Å². The third kappa shape index (κ3) is 3.17. The van der Waals surface area contributed by atoms with Crippen LogP contribution in [0.15, 0.2) is 9.95 Å². The monoisotopic (exact) mass is 352 g/mol. The lowest BCUT2D eigenvalue weighted by Crippen LogP contribution is -2.19. The Morgan fingerprint density at radius 1 is 1.57 bits per heavy atom. The van der Waals surface area contributed by atoms with Crippen molar-refractivity contribution in [3.05, 3.63) is 20.8 Å². The van der Waals surface area contributed by atoms with Gasteiger partial charge in [0.1, 0.15) is 10.1 Å². The molecule has 2 aromatic rings. The molecule has 124 valence electrons. The van der Waals surface area contributed by atoms with Crippen LogP contribution in [0.2, 0.25) is 0 Å². The van der Waals surface area contributed by atoms with E-state index < -0.39 is 0 Å². The summed E-state index contributed by atoms with van der Waals surface area (Å²) in [6, 6.07) is 0. The lowest BCUT2D eigenvalue weighted by molar-refractivity contribution is -0.140. The fraction of sp³-hybridized carbons (Fsp3) is 0.562. The number of methoxy groups -OCH3 is 1. The molecular weight excluding hydrogens is 332 g/mol. The molecule has 1 aliphatic carbocycles. The first-order chi connectivity index (χ1) is 11.0. The van der Waals surface area contributed by atoms with Crippen molar-refractivity contribution in [1.82, 2.24) is 9.97 Å². The highest BCUT2D eigenvalue weighted by Crippen LogP contribution is 2.36. The van der Waals surface area contributed by atoms with E-state index in [4.69, 9.17) is 4.74 Å². The lowest BCUT2D eigenvalue weighted by Gasteiger charge is -2.17. The molecule has 0 fully saturated rings. The van der Waals surface area contributed by atoms with E-state index in [0.29, 0.717) is 17.5 Å². The van der Waals surface area contributed by atoms with Crippen LogP contribution in [0.4, 0.5) is 0 Å². The summed E-state index contributed by atoms with van der Waals surface area (Å²) in [5.41, 5.74) is 1.08. The Morgan fingerprint density at radius 3 is 3.04 bits per heavy atom. The molecule has 5 nitrogen and oxygen atoms in total. The molecule has 2 heterocycles. The highest BCUT2D eigenvalue weighted by atomic mass is 32.2. The number of carbonyl (C=O) groups is 1. The summed E-state index contributed by atoms with van der Waals surface area (Å²) in [5.74, 6) is 0.367. The van der Waals surface area contributed by atoms with Gasteiger partial charge in [0.15, 0.2) is 5.16 Å². The van der Waals surface area contributed by atoms with E-state index in [1.165, 1.54) is 29.3 Å². The first kappa shape index (κ1) is 16.5. The second-order valence-corrected chi connectivity index (χ2v) is 8.22. The summed E-state index contributed by atoms with van der Waals surface area (Å²) in [7, 11) is 1.37. The fourth-order valence-corrected chi connectivity index (χ4v) is 5.31. The maximum atomic E-state index is 12.5. The third-order valence-electron chi connectivity index (χ3n) is 4.23. The van der Waals surface area contributed by atoms with Crippen molar-refractivity contribution in [2.45, 2.75) is 49.9 Å². The summed E-state index contributed by atoms with van der Waals surface area (Å²) in [6.45, 7) is 4.16. The molecule has 0 aliphatic heterocycles. The molecule has 1 aliphatic rings. The molecule has 0 saturated heterocycles. The van der Waals surface area contributed by atoms with Gasteiger partial charge in [0.25, 0.3) is 5.56 Å². The molecule has 23 heavy (non-hydrogen) atoms. The summed E-state index contributed by atoms with van der Waals surface area (Å²) < 4.78 is 4.79. The van der Waals surface area contributed by atoms with Gasteiger partial charge in [0.2, 0.25) is 0 Å². The van der Waals surface area contributed by atoms with Crippen LogP contribution >= 0.6 is 23.1 Å². The maximum absolute atomic E-state index is 12.5. The van der Waals surface area contributed by atoms with Gasteiger partial charge in [-0.3, -0.25) is 9.59 Å². The van der Waals surface area contributed by atoms with Crippen LogP contribution in [0.25, 0.3) is 10.2 Å². The molecule has 0 radical (unpaired) electrons. The van der Waals surface area contributed by atoms with Gasteiger partial charge in [-0.15, -0.1) is 11.3 Å². The zero-order valence-electron chi connectivity index (χ0n) is 13.5. The Bertz CT molecular complexity index is 796. The number of nitrogens with zero attached hydrogens (tertiary/aromatic N) is 1. The van der Waals surface area contributed by atoms with Gasteiger partial charge in [-0.2, -0.15) is 0 Å². The second kappa shape index (κ2) is 6.65. The Hall–Kier alpha value is -1.34. The SMILES string of the molecule is CC[C@H](Sc1nc2sc3c(c2c(=O)[nH]1)CC[C@H](C)C3)C(=O)OC. The van der Waals surface area contributed by atoms with Gasteiger partial charge >= 0.3 is 5.97 Å². The molecule has 2 atom stereocenters. The molecule has 0 spiro atoms. The predicted molar refractivity (Wildman–Crippen MR) is 93.4 cm³/mol. The van der Waals surface area contributed by atoms with E-state index >= 15 is 0 Å². The average Bonchev–Trinajstić information content (AvgIpc) is 2.89. The summed E-state index contributed by atoms with van der Waals surface area (Å²) in [6.07, 6.45) is 3.72. The summed E-state index contributed by atoms with van der Waals surface area (Å²) in [4.78, 5) is 33.7. The summed E-state index contributed by atoms with van der Waals surface area (Å²) in [5, 5.41) is 0.883. The van der Waals surface area contributed by atoms with Crippen molar-refractivity contribution in [1.29, 1.82) is 0 Å². The molecule has 1 N–H and O–H groups in total. The van der Waals surface area contributed by atoms with Gasteiger partial charge < -0.3 is 9.72 Å². The van der Waals surface area contributed by atoms with E-state index in [0.717, 1.165) is 29.5 Å². The number of fused-ring (bicyclic) bond motifs is 3.